The number of nitrogens with two attached hydrogens (primary N) is 1. The van der Waals surface area contributed by atoms with Crippen molar-refractivity contribution in [2.75, 3.05) is 6.54 Å². The van der Waals surface area contributed by atoms with E-state index >= 15 is 0 Å². The first-order valence-electron chi connectivity index (χ1n) is 6.78. The Morgan fingerprint density at radius 3 is 2.40 bits per heavy atom. The largest absolute Gasteiger partial charge is 0.328 e. The van der Waals surface area contributed by atoms with Crippen LogP contribution in [0.5, 0.6) is 0 Å². The minimum atomic E-state index is 0.489. The molecule has 2 heteroatoms. The highest BCUT2D eigenvalue weighted by Crippen LogP contribution is 2.27. The van der Waals surface area contributed by atoms with E-state index in [-0.39, 0.29) is 0 Å². The number of nitrogens with zero attached hydrogens (tertiary/aromatic N) is 1. The van der Waals surface area contributed by atoms with Gasteiger partial charge in [-0.15, -0.1) is 0 Å². The third-order valence-electron chi connectivity index (χ3n) is 4.31. The molecular weight excluding hydrogens is 184 g/mol. The molecule has 1 heterocycles. The lowest BCUT2D eigenvalue weighted by atomic mass is 9.90. The SMILES string of the molecule is CC1CCCCCN1C1CCC(N)CC1. The summed E-state index contributed by atoms with van der Waals surface area (Å²) in [6, 6.07) is 2.15. The summed E-state index contributed by atoms with van der Waals surface area (Å²) in [5.74, 6) is 0. The van der Waals surface area contributed by atoms with Crippen molar-refractivity contribution >= 4 is 0 Å². The first-order valence-corrected chi connectivity index (χ1v) is 6.78. The summed E-state index contributed by atoms with van der Waals surface area (Å²) in [6.07, 6.45) is 10.9. The van der Waals surface area contributed by atoms with Crippen molar-refractivity contribution in [3.63, 3.8) is 0 Å². The van der Waals surface area contributed by atoms with E-state index < -0.39 is 0 Å². The monoisotopic (exact) mass is 210 g/mol. The average molecular weight is 210 g/mol. The molecule has 0 aromatic carbocycles. The van der Waals surface area contributed by atoms with E-state index in [4.69, 9.17) is 5.73 Å². The standard InChI is InChI=1S/C13H26N2/c1-11-5-3-2-4-10-15(11)13-8-6-12(14)7-9-13/h11-13H,2-10,14H2,1H3. The first-order chi connectivity index (χ1) is 7.27. The topological polar surface area (TPSA) is 29.3 Å². The molecule has 1 saturated heterocycles. The molecule has 88 valence electrons. The van der Waals surface area contributed by atoms with Crippen LogP contribution in [0.1, 0.15) is 58.3 Å². The van der Waals surface area contributed by atoms with E-state index in [9.17, 15) is 0 Å². The normalized spacial score (nSPS) is 40.0. The van der Waals surface area contributed by atoms with Gasteiger partial charge < -0.3 is 5.73 Å². The fraction of sp³-hybridized carbons (Fsp3) is 1.00. The van der Waals surface area contributed by atoms with Gasteiger partial charge in [0.15, 0.2) is 0 Å². The van der Waals surface area contributed by atoms with Crippen molar-refractivity contribution in [2.24, 2.45) is 5.73 Å². The lowest BCUT2D eigenvalue weighted by Gasteiger charge is -2.39. The second kappa shape index (κ2) is 5.31. The molecule has 0 amide bonds. The van der Waals surface area contributed by atoms with Gasteiger partial charge in [-0.05, 0) is 52.0 Å². The molecule has 0 aromatic heterocycles. The van der Waals surface area contributed by atoms with Crippen LogP contribution in [0.4, 0.5) is 0 Å². The maximum absolute atomic E-state index is 5.97. The van der Waals surface area contributed by atoms with E-state index in [0.717, 1.165) is 12.1 Å². The summed E-state index contributed by atoms with van der Waals surface area (Å²) in [4.78, 5) is 2.78. The van der Waals surface area contributed by atoms with Gasteiger partial charge in [-0.3, -0.25) is 4.90 Å². The number of hydrogen-bond acceptors (Lipinski definition) is 2. The van der Waals surface area contributed by atoms with E-state index in [1.165, 1.54) is 57.9 Å². The molecule has 2 nitrogen and oxygen atoms in total. The van der Waals surface area contributed by atoms with Gasteiger partial charge in [-0.25, -0.2) is 0 Å². The molecule has 1 aliphatic carbocycles. The lowest BCUT2D eigenvalue weighted by molar-refractivity contribution is 0.111. The van der Waals surface area contributed by atoms with Crippen molar-refractivity contribution in [1.29, 1.82) is 0 Å². The third kappa shape index (κ3) is 2.94. The highest BCUT2D eigenvalue weighted by Gasteiger charge is 2.27. The Balaban J connectivity index is 1.89. The average Bonchev–Trinajstić information content (AvgIpc) is 2.44. The zero-order valence-corrected chi connectivity index (χ0v) is 10.1. The van der Waals surface area contributed by atoms with Crippen LogP contribution >= 0.6 is 0 Å². The molecule has 1 saturated carbocycles. The molecule has 0 radical (unpaired) electrons. The van der Waals surface area contributed by atoms with Crippen LogP contribution in [0, 0.1) is 0 Å². The van der Waals surface area contributed by atoms with Crippen molar-refractivity contribution < 1.29 is 0 Å². The smallest absolute Gasteiger partial charge is 0.00992 e. The summed E-state index contributed by atoms with van der Waals surface area (Å²) >= 11 is 0. The van der Waals surface area contributed by atoms with Gasteiger partial charge in [-0.2, -0.15) is 0 Å². The zero-order chi connectivity index (χ0) is 10.7. The van der Waals surface area contributed by atoms with Gasteiger partial charge in [0.1, 0.15) is 0 Å². The minimum absolute atomic E-state index is 0.489. The Morgan fingerprint density at radius 1 is 0.933 bits per heavy atom. The maximum atomic E-state index is 5.97. The molecular formula is C13H26N2. The molecule has 2 fully saturated rings. The Labute approximate surface area is 94.2 Å². The molecule has 15 heavy (non-hydrogen) atoms. The molecule has 1 aliphatic heterocycles. The fourth-order valence-electron chi connectivity index (χ4n) is 3.27. The molecule has 2 N–H and O–H groups in total. The summed E-state index contributed by atoms with van der Waals surface area (Å²) in [7, 11) is 0. The van der Waals surface area contributed by atoms with Crippen molar-refractivity contribution in [2.45, 2.75) is 76.4 Å². The number of rotatable bonds is 1. The molecule has 0 bridgehead atoms. The lowest BCUT2D eigenvalue weighted by Crippen LogP contribution is -2.45. The second-order valence-electron chi connectivity index (χ2n) is 5.50. The summed E-state index contributed by atoms with van der Waals surface area (Å²) < 4.78 is 0. The molecule has 1 atom stereocenters. The molecule has 2 rings (SSSR count). The molecule has 0 spiro atoms. The van der Waals surface area contributed by atoms with E-state index in [0.29, 0.717) is 6.04 Å². The predicted molar refractivity (Wildman–Crippen MR) is 64.9 cm³/mol. The van der Waals surface area contributed by atoms with Gasteiger partial charge in [0.2, 0.25) is 0 Å². The molecule has 0 aromatic rings. The van der Waals surface area contributed by atoms with Crippen molar-refractivity contribution in [1.82, 2.24) is 4.90 Å². The van der Waals surface area contributed by atoms with Gasteiger partial charge in [0, 0.05) is 18.1 Å². The third-order valence-corrected chi connectivity index (χ3v) is 4.31. The summed E-state index contributed by atoms with van der Waals surface area (Å²) in [6.45, 7) is 3.75. The van der Waals surface area contributed by atoms with Gasteiger partial charge >= 0.3 is 0 Å². The van der Waals surface area contributed by atoms with Crippen LogP contribution in [0.3, 0.4) is 0 Å². The van der Waals surface area contributed by atoms with Crippen LogP contribution in [0.2, 0.25) is 0 Å². The predicted octanol–water partition coefficient (Wildman–Crippen LogP) is 2.52. The Kier molecular flexibility index (Phi) is 4.04. The number of hydrogen-bond donors (Lipinski definition) is 1. The quantitative estimate of drug-likeness (QED) is 0.720. The van der Waals surface area contributed by atoms with Crippen LogP contribution in [0.25, 0.3) is 0 Å². The Hall–Kier alpha value is -0.0800. The van der Waals surface area contributed by atoms with Crippen LogP contribution in [-0.2, 0) is 0 Å². The van der Waals surface area contributed by atoms with Gasteiger partial charge in [0.05, 0.1) is 0 Å². The first kappa shape index (κ1) is 11.4. The summed E-state index contributed by atoms with van der Waals surface area (Å²) in [5.41, 5.74) is 5.97. The van der Waals surface area contributed by atoms with Gasteiger partial charge in [0.25, 0.3) is 0 Å². The minimum Gasteiger partial charge on any atom is -0.328 e. The van der Waals surface area contributed by atoms with Crippen LogP contribution in [0.15, 0.2) is 0 Å². The second-order valence-corrected chi connectivity index (χ2v) is 5.50. The fourth-order valence-corrected chi connectivity index (χ4v) is 3.27. The highest BCUT2D eigenvalue weighted by atomic mass is 15.2. The van der Waals surface area contributed by atoms with Crippen LogP contribution in [-0.4, -0.2) is 29.6 Å². The Morgan fingerprint density at radius 2 is 1.67 bits per heavy atom. The van der Waals surface area contributed by atoms with E-state index in [1.54, 1.807) is 0 Å². The molecule has 2 aliphatic rings. The Bertz CT molecular complexity index is 185. The van der Waals surface area contributed by atoms with E-state index in [1.807, 2.05) is 0 Å². The van der Waals surface area contributed by atoms with Crippen molar-refractivity contribution in [3.05, 3.63) is 0 Å². The maximum Gasteiger partial charge on any atom is 0.00992 e. The summed E-state index contributed by atoms with van der Waals surface area (Å²) in [5, 5.41) is 0. The van der Waals surface area contributed by atoms with Crippen molar-refractivity contribution in [3.8, 4) is 0 Å². The van der Waals surface area contributed by atoms with E-state index in [2.05, 4.69) is 11.8 Å². The van der Waals surface area contributed by atoms with Crippen LogP contribution < -0.4 is 5.73 Å². The van der Waals surface area contributed by atoms with Gasteiger partial charge in [-0.1, -0.05) is 12.8 Å². The molecule has 1 unspecified atom stereocenters. The highest BCUT2D eigenvalue weighted by molar-refractivity contribution is 4.84. The zero-order valence-electron chi connectivity index (χ0n) is 10.1. The number of likely N-dealkylation sites (tertiary alicyclic amines) is 1.